The minimum atomic E-state index is -1.19. The summed E-state index contributed by atoms with van der Waals surface area (Å²) < 4.78 is 1.67. The molecule has 7 nitrogen and oxygen atoms in total. The van der Waals surface area contributed by atoms with Gasteiger partial charge in [-0.3, -0.25) is 14.8 Å². The van der Waals surface area contributed by atoms with Crippen molar-refractivity contribution >= 4 is 11.7 Å². The molecule has 0 fully saturated rings. The molecule has 0 aliphatic heterocycles. The maximum absolute atomic E-state index is 11.1. The number of aromatic nitrogens is 2. The predicted molar refractivity (Wildman–Crippen MR) is 71.6 cm³/mol. The van der Waals surface area contributed by atoms with E-state index < -0.39 is 10.9 Å². The lowest BCUT2D eigenvalue weighted by atomic mass is 10.1. The molecule has 0 atom stereocenters. The highest BCUT2D eigenvalue weighted by molar-refractivity contribution is 5.90. The Morgan fingerprint density at radius 1 is 1.45 bits per heavy atom. The molecule has 1 aromatic carbocycles. The van der Waals surface area contributed by atoms with Gasteiger partial charge in [0.05, 0.1) is 21.7 Å². The SMILES string of the molecule is CCCn1nccc1-c1ccc(C(=O)O)cc1[N+](=O)[O-]. The number of carboxylic acid groups (broad SMARTS) is 1. The summed E-state index contributed by atoms with van der Waals surface area (Å²) in [5, 5.41) is 24.2. The van der Waals surface area contributed by atoms with Crippen LogP contribution in [-0.2, 0) is 6.54 Å². The Labute approximate surface area is 114 Å². The number of aromatic carboxylic acids is 1. The number of rotatable bonds is 5. The third-order valence-corrected chi connectivity index (χ3v) is 2.87. The first kappa shape index (κ1) is 13.7. The molecule has 0 spiro atoms. The molecule has 0 aliphatic carbocycles. The van der Waals surface area contributed by atoms with Crippen LogP contribution in [0.4, 0.5) is 5.69 Å². The predicted octanol–water partition coefficient (Wildman–Crippen LogP) is 2.57. The van der Waals surface area contributed by atoms with Crippen molar-refractivity contribution in [1.29, 1.82) is 0 Å². The van der Waals surface area contributed by atoms with Gasteiger partial charge >= 0.3 is 5.97 Å². The summed E-state index contributed by atoms with van der Waals surface area (Å²) in [5.74, 6) is -1.19. The summed E-state index contributed by atoms with van der Waals surface area (Å²) in [5.41, 5.74) is 0.631. The van der Waals surface area contributed by atoms with Crippen molar-refractivity contribution in [2.24, 2.45) is 0 Å². The zero-order chi connectivity index (χ0) is 14.7. The van der Waals surface area contributed by atoms with Crippen LogP contribution in [-0.4, -0.2) is 25.8 Å². The second kappa shape index (κ2) is 5.52. The Morgan fingerprint density at radius 3 is 2.80 bits per heavy atom. The van der Waals surface area contributed by atoms with Crippen LogP contribution in [0.15, 0.2) is 30.5 Å². The highest BCUT2D eigenvalue weighted by Gasteiger charge is 2.20. The Bertz CT molecular complexity index is 663. The van der Waals surface area contributed by atoms with Crippen molar-refractivity contribution in [3.8, 4) is 11.3 Å². The lowest BCUT2D eigenvalue weighted by Crippen LogP contribution is -2.04. The smallest absolute Gasteiger partial charge is 0.335 e. The lowest BCUT2D eigenvalue weighted by molar-refractivity contribution is -0.384. The number of nitro groups is 1. The number of carbonyl (C=O) groups is 1. The topological polar surface area (TPSA) is 98.3 Å². The maximum Gasteiger partial charge on any atom is 0.335 e. The number of nitrogens with zero attached hydrogens (tertiary/aromatic N) is 3. The van der Waals surface area contributed by atoms with Gasteiger partial charge in [-0.2, -0.15) is 5.10 Å². The van der Waals surface area contributed by atoms with Crippen LogP contribution in [0.5, 0.6) is 0 Å². The molecule has 0 amide bonds. The van der Waals surface area contributed by atoms with Crippen molar-refractivity contribution < 1.29 is 14.8 Å². The van der Waals surface area contributed by atoms with Crippen LogP contribution >= 0.6 is 0 Å². The minimum absolute atomic E-state index is 0.109. The molecule has 2 rings (SSSR count). The summed E-state index contributed by atoms with van der Waals surface area (Å²) in [4.78, 5) is 21.5. The second-order valence-electron chi connectivity index (χ2n) is 4.23. The molecule has 7 heteroatoms. The summed E-state index contributed by atoms with van der Waals surface area (Å²) >= 11 is 0. The van der Waals surface area contributed by atoms with Gasteiger partial charge in [-0.05, 0) is 24.6 Å². The standard InChI is InChI=1S/C13H13N3O4/c1-2-7-15-11(5-6-14-15)10-4-3-9(13(17)18)8-12(10)16(19)20/h3-6,8H,2,7H2,1H3,(H,17,18). The molecule has 104 valence electrons. The molecule has 20 heavy (non-hydrogen) atoms. The molecule has 1 heterocycles. The summed E-state index contributed by atoms with van der Waals surface area (Å²) in [6, 6.07) is 5.55. The van der Waals surface area contributed by atoms with Crippen LogP contribution in [0.25, 0.3) is 11.3 Å². The number of carboxylic acids is 1. The second-order valence-corrected chi connectivity index (χ2v) is 4.23. The van der Waals surface area contributed by atoms with E-state index >= 15 is 0 Å². The maximum atomic E-state index is 11.1. The third-order valence-electron chi connectivity index (χ3n) is 2.87. The fourth-order valence-corrected chi connectivity index (χ4v) is 1.98. The number of hydrogen-bond donors (Lipinski definition) is 1. The van der Waals surface area contributed by atoms with Crippen LogP contribution in [0, 0.1) is 10.1 Å². The van der Waals surface area contributed by atoms with E-state index in [0.29, 0.717) is 17.8 Å². The Kier molecular flexibility index (Phi) is 3.79. The van der Waals surface area contributed by atoms with E-state index in [4.69, 9.17) is 5.11 Å². The quantitative estimate of drug-likeness (QED) is 0.667. The molecule has 1 N–H and O–H groups in total. The summed E-state index contributed by atoms with van der Waals surface area (Å²) in [6.07, 6.45) is 2.41. The minimum Gasteiger partial charge on any atom is -0.478 e. The molecule has 2 aromatic rings. The van der Waals surface area contributed by atoms with E-state index in [-0.39, 0.29) is 11.3 Å². The monoisotopic (exact) mass is 275 g/mol. The van der Waals surface area contributed by atoms with Gasteiger partial charge in [0.15, 0.2) is 0 Å². The fourth-order valence-electron chi connectivity index (χ4n) is 1.98. The van der Waals surface area contributed by atoms with E-state index in [9.17, 15) is 14.9 Å². The Morgan fingerprint density at radius 2 is 2.20 bits per heavy atom. The Balaban J connectivity index is 2.58. The van der Waals surface area contributed by atoms with E-state index in [1.54, 1.807) is 16.9 Å². The molecular formula is C13H13N3O4. The lowest BCUT2D eigenvalue weighted by Gasteiger charge is -2.07. The van der Waals surface area contributed by atoms with Crippen LogP contribution < -0.4 is 0 Å². The third kappa shape index (κ3) is 2.51. The van der Waals surface area contributed by atoms with E-state index in [2.05, 4.69) is 5.10 Å². The molecule has 0 radical (unpaired) electrons. The zero-order valence-electron chi connectivity index (χ0n) is 10.8. The van der Waals surface area contributed by atoms with Crippen LogP contribution in [0.1, 0.15) is 23.7 Å². The molecule has 1 aromatic heterocycles. The molecule has 0 unspecified atom stereocenters. The van der Waals surface area contributed by atoms with Crippen molar-refractivity contribution in [2.45, 2.75) is 19.9 Å². The largest absolute Gasteiger partial charge is 0.478 e. The zero-order valence-corrected chi connectivity index (χ0v) is 10.8. The first-order valence-corrected chi connectivity index (χ1v) is 6.08. The van der Waals surface area contributed by atoms with Gasteiger partial charge in [0.1, 0.15) is 0 Å². The summed E-state index contributed by atoms with van der Waals surface area (Å²) in [7, 11) is 0. The number of nitro benzene ring substituents is 1. The first-order valence-electron chi connectivity index (χ1n) is 6.08. The molecule has 0 bridgehead atoms. The number of aryl methyl sites for hydroxylation is 1. The molecule has 0 saturated carbocycles. The normalized spacial score (nSPS) is 10.4. The highest BCUT2D eigenvalue weighted by atomic mass is 16.6. The van der Waals surface area contributed by atoms with Gasteiger partial charge < -0.3 is 5.11 Å². The molecular weight excluding hydrogens is 262 g/mol. The fraction of sp³-hybridized carbons (Fsp3) is 0.231. The van der Waals surface area contributed by atoms with Crippen molar-refractivity contribution in [2.75, 3.05) is 0 Å². The molecule has 0 aliphatic rings. The van der Waals surface area contributed by atoms with E-state index in [1.807, 2.05) is 6.92 Å². The van der Waals surface area contributed by atoms with Crippen molar-refractivity contribution in [1.82, 2.24) is 9.78 Å². The van der Waals surface area contributed by atoms with Gasteiger partial charge in [0.2, 0.25) is 0 Å². The van der Waals surface area contributed by atoms with Gasteiger partial charge in [-0.15, -0.1) is 0 Å². The number of hydrogen-bond acceptors (Lipinski definition) is 4. The van der Waals surface area contributed by atoms with E-state index in [1.165, 1.54) is 12.1 Å². The van der Waals surface area contributed by atoms with E-state index in [0.717, 1.165) is 12.5 Å². The van der Waals surface area contributed by atoms with Crippen molar-refractivity contribution in [3.05, 3.63) is 46.1 Å². The molecule has 0 saturated heterocycles. The average molecular weight is 275 g/mol. The van der Waals surface area contributed by atoms with Gasteiger partial charge in [0, 0.05) is 18.8 Å². The van der Waals surface area contributed by atoms with Crippen LogP contribution in [0.3, 0.4) is 0 Å². The van der Waals surface area contributed by atoms with Gasteiger partial charge in [0.25, 0.3) is 5.69 Å². The average Bonchev–Trinajstić information content (AvgIpc) is 2.86. The number of benzene rings is 1. The highest BCUT2D eigenvalue weighted by Crippen LogP contribution is 2.30. The van der Waals surface area contributed by atoms with Gasteiger partial charge in [-0.25, -0.2) is 4.79 Å². The van der Waals surface area contributed by atoms with Crippen LogP contribution in [0.2, 0.25) is 0 Å². The first-order chi connectivity index (χ1) is 9.54. The summed E-state index contributed by atoms with van der Waals surface area (Å²) in [6.45, 7) is 2.62. The van der Waals surface area contributed by atoms with Gasteiger partial charge in [-0.1, -0.05) is 6.92 Å². The van der Waals surface area contributed by atoms with Crippen molar-refractivity contribution in [3.63, 3.8) is 0 Å². The Hall–Kier alpha value is -2.70.